The molecule has 380 valence electrons. The third kappa shape index (κ3) is 11.5. The number of ketones is 1. The Kier molecular flexibility index (Phi) is 17.1. The van der Waals surface area contributed by atoms with Crippen molar-refractivity contribution in [1.29, 1.82) is 0 Å². The van der Waals surface area contributed by atoms with Gasteiger partial charge in [-0.05, 0) is 84.5 Å². The van der Waals surface area contributed by atoms with E-state index in [2.05, 4.69) is 35.0 Å². The van der Waals surface area contributed by atoms with E-state index in [-0.39, 0.29) is 48.8 Å². The number of nitrogens with zero attached hydrogens (tertiary/aromatic N) is 4. The zero-order valence-corrected chi connectivity index (χ0v) is 42.4. The number of benzene rings is 4. The van der Waals surface area contributed by atoms with Crippen LogP contribution in [0.2, 0.25) is 0 Å². The first-order valence-electron chi connectivity index (χ1n) is 24.8. The zero-order valence-electron chi connectivity index (χ0n) is 42.4. The van der Waals surface area contributed by atoms with E-state index in [4.69, 9.17) is 38.2 Å². The number of nitrogens with one attached hydrogen (secondary N) is 1. The Bertz CT molecular complexity index is 2730. The van der Waals surface area contributed by atoms with Gasteiger partial charge in [0.25, 0.3) is 11.8 Å². The second-order valence-electron chi connectivity index (χ2n) is 18.5. The molecular formula is C57H67N5O10. The van der Waals surface area contributed by atoms with E-state index in [9.17, 15) is 14.4 Å². The number of rotatable bonds is 25. The average molecular weight is 982 g/mol. The predicted octanol–water partition coefficient (Wildman–Crippen LogP) is 9.30. The Hall–Kier alpha value is -6.94. The smallest absolute Gasteiger partial charge is 0.261 e. The minimum Gasteiger partial charge on any atom is -0.493 e. The second-order valence-corrected chi connectivity index (χ2v) is 18.5. The number of carbonyl (C=O) groups is 3. The molecule has 72 heavy (non-hydrogen) atoms. The number of carbonyl (C=O) groups excluding carboxylic acids is 3. The molecule has 0 spiro atoms. The summed E-state index contributed by atoms with van der Waals surface area (Å²) in [6.07, 6.45) is 10.00. The highest BCUT2D eigenvalue weighted by Crippen LogP contribution is 2.43. The first kappa shape index (κ1) is 51.4. The zero-order chi connectivity index (χ0) is 50.7. The molecule has 2 amide bonds. The molecule has 0 bridgehead atoms. The molecule has 0 saturated carbocycles. The van der Waals surface area contributed by atoms with Crippen molar-refractivity contribution >= 4 is 46.6 Å². The van der Waals surface area contributed by atoms with Crippen LogP contribution in [0.3, 0.4) is 0 Å². The van der Waals surface area contributed by atoms with Gasteiger partial charge in [-0.2, -0.15) is 0 Å². The van der Waals surface area contributed by atoms with Crippen molar-refractivity contribution in [3.63, 3.8) is 0 Å². The van der Waals surface area contributed by atoms with Crippen LogP contribution in [-0.2, 0) is 38.6 Å². The minimum absolute atomic E-state index is 0.0227. The molecule has 4 aliphatic rings. The van der Waals surface area contributed by atoms with Gasteiger partial charge >= 0.3 is 0 Å². The predicted molar refractivity (Wildman–Crippen MR) is 280 cm³/mol. The van der Waals surface area contributed by atoms with E-state index in [0.29, 0.717) is 117 Å². The summed E-state index contributed by atoms with van der Waals surface area (Å²) in [7, 11) is 4.76. The normalized spacial score (nSPS) is 16.7. The summed E-state index contributed by atoms with van der Waals surface area (Å²) in [5.41, 5.74) is 8.50. The lowest BCUT2D eigenvalue weighted by Gasteiger charge is -2.26. The average Bonchev–Trinajstić information content (AvgIpc) is 3.87. The summed E-state index contributed by atoms with van der Waals surface area (Å²) in [5, 5.41) is 3.53. The highest BCUT2D eigenvalue weighted by Gasteiger charge is 2.39. The molecule has 1 N–H and O–H groups in total. The third-order valence-corrected chi connectivity index (χ3v) is 13.4. The first-order chi connectivity index (χ1) is 35.0. The number of methoxy groups -OCH3 is 3. The van der Waals surface area contributed by atoms with Gasteiger partial charge in [0.1, 0.15) is 19.0 Å². The number of fused-ring (bicyclic) bond motifs is 6. The minimum atomic E-state index is -0.255. The van der Waals surface area contributed by atoms with Crippen molar-refractivity contribution in [1.82, 2.24) is 4.90 Å². The fourth-order valence-electron chi connectivity index (χ4n) is 9.68. The molecule has 4 aromatic carbocycles. The van der Waals surface area contributed by atoms with Crippen LogP contribution in [0.1, 0.15) is 77.4 Å². The van der Waals surface area contributed by atoms with E-state index in [1.165, 1.54) is 0 Å². The van der Waals surface area contributed by atoms with Crippen molar-refractivity contribution < 1.29 is 47.5 Å². The van der Waals surface area contributed by atoms with E-state index < -0.39 is 0 Å². The van der Waals surface area contributed by atoms with Crippen LogP contribution in [0, 0.1) is 5.92 Å². The quantitative estimate of drug-likeness (QED) is 0.0631. The van der Waals surface area contributed by atoms with Crippen LogP contribution >= 0.6 is 0 Å². The summed E-state index contributed by atoms with van der Waals surface area (Å²) in [4.78, 5) is 51.9. The van der Waals surface area contributed by atoms with Crippen LogP contribution in [-0.4, -0.2) is 115 Å². The van der Waals surface area contributed by atoms with Gasteiger partial charge < -0.3 is 48.3 Å². The van der Waals surface area contributed by atoms with Gasteiger partial charge in [-0.1, -0.05) is 50.8 Å². The molecule has 2 atom stereocenters. The van der Waals surface area contributed by atoms with Crippen molar-refractivity contribution in [3.8, 4) is 23.0 Å². The number of ether oxygens (including phenoxy) is 7. The fourth-order valence-corrected chi connectivity index (χ4v) is 9.68. The molecule has 0 saturated heterocycles. The maximum atomic E-state index is 14.2. The molecule has 4 aromatic rings. The molecule has 15 nitrogen and oxygen atoms in total. The summed E-state index contributed by atoms with van der Waals surface area (Å²) in [6, 6.07) is 21.0. The molecule has 15 heteroatoms. The molecule has 0 aliphatic carbocycles. The van der Waals surface area contributed by atoms with Gasteiger partial charge in [0.2, 0.25) is 0 Å². The van der Waals surface area contributed by atoms with Crippen molar-refractivity contribution in [2.24, 2.45) is 10.9 Å². The number of allylic oxidation sites excluding steroid dienone is 3. The van der Waals surface area contributed by atoms with Gasteiger partial charge in [0, 0.05) is 80.9 Å². The van der Waals surface area contributed by atoms with Crippen LogP contribution in [0.25, 0.3) is 0 Å². The second kappa shape index (κ2) is 24.0. The maximum absolute atomic E-state index is 14.2. The molecule has 4 aliphatic heterocycles. The number of hydrogen-bond acceptors (Lipinski definition) is 13. The summed E-state index contributed by atoms with van der Waals surface area (Å²) in [6.45, 7) is 14.1. The molecule has 0 fully saturated rings. The lowest BCUT2D eigenvalue weighted by Crippen LogP contribution is -2.39. The van der Waals surface area contributed by atoms with Gasteiger partial charge in [-0.3, -0.25) is 24.3 Å². The van der Waals surface area contributed by atoms with Gasteiger partial charge in [0.15, 0.2) is 23.0 Å². The Morgan fingerprint density at radius 3 is 2.19 bits per heavy atom. The Balaban J connectivity index is 1.08. The molecule has 0 aromatic heterocycles. The number of amides is 2. The van der Waals surface area contributed by atoms with Crippen molar-refractivity contribution in [2.75, 3.05) is 89.1 Å². The van der Waals surface area contributed by atoms with E-state index >= 15 is 0 Å². The summed E-state index contributed by atoms with van der Waals surface area (Å²) >= 11 is 0. The lowest BCUT2D eigenvalue weighted by molar-refractivity contribution is -0.121. The van der Waals surface area contributed by atoms with Crippen LogP contribution < -0.4 is 34.1 Å². The number of aliphatic imine (C=N–C) groups is 1. The van der Waals surface area contributed by atoms with Gasteiger partial charge in [-0.15, -0.1) is 0 Å². The number of para-hydroxylation sites is 1. The molecular weight excluding hydrogens is 915 g/mol. The van der Waals surface area contributed by atoms with E-state index in [1.54, 1.807) is 50.5 Å². The van der Waals surface area contributed by atoms with Crippen LogP contribution in [0.15, 0.2) is 108 Å². The number of anilines is 3. The van der Waals surface area contributed by atoms with Crippen LogP contribution in [0.4, 0.5) is 22.7 Å². The van der Waals surface area contributed by atoms with Crippen molar-refractivity contribution in [2.45, 2.75) is 71.8 Å². The van der Waals surface area contributed by atoms with E-state index in [1.807, 2.05) is 74.4 Å². The number of hydrogen-bond donors (Lipinski definition) is 1. The summed E-state index contributed by atoms with van der Waals surface area (Å²) < 4.78 is 41.7. The molecule has 8 rings (SSSR count). The fraction of sp³-hybridized carbons (Fsp3) is 0.404. The maximum Gasteiger partial charge on any atom is 0.261 e. The van der Waals surface area contributed by atoms with Gasteiger partial charge in [0.05, 0.1) is 81.8 Å². The largest absolute Gasteiger partial charge is 0.493 e. The highest BCUT2D eigenvalue weighted by atomic mass is 16.5. The highest BCUT2D eigenvalue weighted by molar-refractivity contribution is 6.12. The SMILES string of the molecule is C=CC1=C(/C=C\C)CC2C=Nc3cc(OCc4cc(COc5cc6c(cc5OC)C(=O)N5c7ccccc7CC5CN6)cc(N(CCCC(=O)C(C)C)CCOCCOCCOC)c4)c(OC)cc3C(=O)N12. The molecule has 0 radical (unpaired) electrons. The Labute approximate surface area is 423 Å². The molecule has 4 heterocycles. The summed E-state index contributed by atoms with van der Waals surface area (Å²) in [5.74, 6) is 1.59. The topological polar surface area (TPSA) is 150 Å². The molecule has 2 unspecified atom stereocenters. The first-order valence-corrected chi connectivity index (χ1v) is 24.8. The lowest BCUT2D eigenvalue weighted by atomic mass is 10.0. The number of Topliss-reactive ketones (excluding diaryl/α,β-unsaturated/α-hetero) is 1. The van der Waals surface area contributed by atoms with E-state index in [0.717, 1.165) is 45.8 Å². The monoisotopic (exact) mass is 981 g/mol. The van der Waals surface area contributed by atoms with Gasteiger partial charge in [-0.25, -0.2) is 0 Å². The third-order valence-electron chi connectivity index (χ3n) is 13.4. The van der Waals surface area contributed by atoms with Crippen LogP contribution in [0.5, 0.6) is 23.0 Å². The van der Waals surface area contributed by atoms with Crippen molar-refractivity contribution in [3.05, 3.63) is 131 Å². The standard InChI is InChI=1S/C57H67N5O10/c1-8-13-40-27-43-33-58-47-31-54(52(67-6)29-45(47)56(64)61(43)49(40)9-2)71-35-38-24-39(26-42(25-38)60(17-12-16-51(63)37(3)4)18-19-69-22-23-70-21-20-66-5)36-72-55-32-48-46(30-53(55)68-7)57(65)62-44(34-59-48)28-41-14-10-11-15-50(41)62/h8-11,13-15,24-26,29-33,37,43-44,59H,2,12,16-23,27-28,34-36H2,1,3-7H3/b13-8-. The Morgan fingerprint density at radius 2 is 1.50 bits per heavy atom. The Morgan fingerprint density at radius 1 is 0.819 bits per heavy atom.